The summed E-state index contributed by atoms with van der Waals surface area (Å²) >= 11 is 19.3. The lowest BCUT2D eigenvalue weighted by Gasteiger charge is -2.34. The van der Waals surface area contributed by atoms with Crippen LogP contribution >= 0.6 is 34.8 Å². The monoisotopic (exact) mass is 637 g/mol. The van der Waals surface area contributed by atoms with Gasteiger partial charge in [0.2, 0.25) is 11.8 Å². The Balaban J connectivity index is 2.13. The van der Waals surface area contributed by atoms with E-state index in [1.54, 1.807) is 62.4 Å². The fourth-order valence-electron chi connectivity index (χ4n) is 4.36. The van der Waals surface area contributed by atoms with Crippen molar-refractivity contribution in [2.24, 2.45) is 0 Å². The topological polar surface area (TPSA) is 86.8 Å². The van der Waals surface area contributed by atoms with Crippen molar-refractivity contribution in [2.75, 3.05) is 17.4 Å². The summed E-state index contributed by atoms with van der Waals surface area (Å²) < 4.78 is 29.1. The van der Waals surface area contributed by atoms with Gasteiger partial charge in [0.1, 0.15) is 12.6 Å². The first-order valence-electron chi connectivity index (χ1n) is 13.3. The number of hydrogen-bond acceptors (Lipinski definition) is 4. The maximum atomic E-state index is 14.2. The van der Waals surface area contributed by atoms with Crippen molar-refractivity contribution < 1.29 is 18.0 Å². The first-order chi connectivity index (χ1) is 19.4. The van der Waals surface area contributed by atoms with E-state index in [2.05, 4.69) is 5.32 Å². The Morgan fingerprint density at radius 2 is 1.46 bits per heavy atom. The van der Waals surface area contributed by atoms with E-state index in [0.717, 1.165) is 9.87 Å². The highest BCUT2D eigenvalue weighted by Crippen LogP contribution is 2.32. The van der Waals surface area contributed by atoms with Gasteiger partial charge in [0.05, 0.1) is 10.6 Å². The number of carbonyl (C=O) groups excluding carboxylic acids is 2. The Hall–Kier alpha value is -2.78. The van der Waals surface area contributed by atoms with Gasteiger partial charge < -0.3 is 10.2 Å². The lowest BCUT2D eigenvalue weighted by molar-refractivity contribution is -0.140. The molecular weight excluding hydrogens is 605 g/mol. The summed E-state index contributed by atoms with van der Waals surface area (Å²) in [6.45, 7) is 7.00. The van der Waals surface area contributed by atoms with Gasteiger partial charge in [-0.15, -0.1) is 0 Å². The molecule has 2 amide bonds. The molecule has 41 heavy (non-hydrogen) atoms. The van der Waals surface area contributed by atoms with Gasteiger partial charge in [0.25, 0.3) is 10.0 Å². The number of aryl methyl sites for hydroxylation is 1. The number of rotatable bonds is 12. The molecule has 0 saturated heterocycles. The molecule has 3 rings (SSSR count). The van der Waals surface area contributed by atoms with E-state index in [0.29, 0.717) is 39.2 Å². The Bertz CT molecular complexity index is 1480. The summed E-state index contributed by atoms with van der Waals surface area (Å²) in [6.07, 6.45) is 0.993. The van der Waals surface area contributed by atoms with Gasteiger partial charge >= 0.3 is 0 Å². The molecule has 0 aromatic heterocycles. The molecule has 11 heteroatoms. The van der Waals surface area contributed by atoms with Crippen molar-refractivity contribution in [2.45, 2.75) is 58.0 Å². The molecule has 1 atom stereocenters. The molecule has 0 radical (unpaired) electrons. The minimum Gasteiger partial charge on any atom is -0.354 e. The predicted molar refractivity (Wildman–Crippen MR) is 166 cm³/mol. The van der Waals surface area contributed by atoms with Crippen LogP contribution < -0.4 is 9.62 Å². The lowest BCUT2D eigenvalue weighted by atomic mass is 10.1. The number of nitrogens with one attached hydrogen (secondary N) is 1. The third-order valence-corrected chi connectivity index (χ3v) is 9.61. The van der Waals surface area contributed by atoms with Gasteiger partial charge in [-0.25, -0.2) is 8.42 Å². The van der Waals surface area contributed by atoms with Crippen LogP contribution in [0, 0.1) is 13.8 Å². The van der Waals surface area contributed by atoms with Crippen LogP contribution in [0.2, 0.25) is 15.1 Å². The molecule has 0 bridgehead atoms. The Morgan fingerprint density at radius 1 is 0.878 bits per heavy atom. The maximum absolute atomic E-state index is 14.2. The zero-order valence-corrected chi connectivity index (χ0v) is 26.5. The van der Waals surface area contributed by atoms with Crippen LogP contribution in [0.1, 0.15) is 43.4 Å². The van der Waals surface area contributed by atoms with E-state index >= 15 is 0 Å². The second-order valence-corrected chi connectivity index (χ2v) is 12.7. The number of nitrogens with zero attached hydrogens (tertiary/aromatic N) is 2. The van der Waals surface area contributed by atoms with Crippen molar-refractivity contribution in [3.8, 4) is 0 Å². The number of carbonyl (C=O) groups is 2. The predicted octanol–water partition coefficient (Wildman–Crippen LogP) is 6.79. The van der Waals surface area contributed by atoms with Gasteiger partial charge in [0.15, 0.2) is 0 Å². The van der Waals surface area contributed by atoms with Crippen LogP contribution in [0.4, 0.5) is 5.69 Å². The third kappa shape index (κ3) is 7.74. The molecule has 0 spiro atoms. The molecule has 1 N–H and O–H groups in total. The molecule has 0 aliphatic carbocycles. The fourth-order valence-corrected chi connectivity index (χ4v) is 6.51. The highest BCUT2D eigenvalue weighted by Gasteiger charge is 2.34. The SMILES string of the molecule is CCCNC(=O)[C@@H](CC)N(Cc1c(Cl)cccc1Cl)C(=O)CN(c1cccc(Cl)c1C)S(=O)(=O)c1ccc(C)cc1. The van der Waals surface area contributed by atoms with E-state index in [1.165, 1.54) is 17.0 Å². The first kappa shape index (κ1) is 32.7. The molecule has 3 aromatic carbocycles. The van der Waals surface area contributed by atoms with Gasteiger partial charge in [-0.1, -0.05) is 78.5 Å². The standard InChI is InChI=1S/C30H34Cl3N3O4S/c1-5-17-34-30(38)27(6-2)35(18-23-25(32)10-7-11-26(23)33)29(37)19-36(28-12-8-9-24(31)21(28)4)41(39,40)22-15-13-20(3)14-16-22/h7-16,27H,5-6,17-19H2,1-4H3,(H,34,38)/t27-/m1/s1. The van der Waals surface area contributed by atoms with Gasteiger partial charge in [-0.05, 0) is 68.7 Å². The smallest absolute Gasteiger partial charge is 0.264 e. The minimum absolute atomic E-state index is 0.0173. The van der Waals surface area contributed by atoms with Gasteiger partial charge in [-0.3, -0.25) is 13.9 Å². The first-order valence-corrected chi connectivity index (χ1v) is 15.8. The van der Waals surface area contributed by atoms with Crippen molar-refractivity contribution in [3.63, 3.8) is 0 Å². The quantitative estimate of drug-likeness (QED) is 0.237. The summed E-state index contributed by atoms with van der Waals surface area (Å²) in [5.74, 6) is -0.952. The average molecular weight is 639 g/mol. The molecule has 3 aromatic rings. The minimum atomic E-state index is -4.22. The van der Waals surface area contributed by atoms with E-state index in [-0.39, 0.29) is 29.5 Å². The maximum Gasteiger partial charge on any atom is 0.264 e. The number of hydrogen-bond donors (Lipinski definition) is 1. The van der Waals surface area contributed by atoms with Crippen LogP contribution in [0.5, 0.6) is 0 Å². The number of anilines is 1. The molecule has 7 nitrogen and oxygen atoms in total. The second-order valence-electron chi connectivity index (χ2n) is 9.65. The Morgan fingerprint density at radius 3 is 2.05 bits per heavy atom. The van der Waals surface area contributed by atoms with Crippen LogP contribution in [0.15, 0.2) is 65.6 Å². The second kappa shape index (κ2) is 14.4. The Labute approximate surface area is 257 Å². The largest absolute Gasteiger partial charge is 0.354 e. The van der Waals surface area contributed by atoms with Crippen molar-refractivity contribution >= 4 is 62.3 Å². The highest BCUT2D eigenvalue weighted by molar-refractivity contribution is 7.92. The molecule has 0 heterocycles. The molecular formula is C30H34Cl3N3O4S. The van der Waals surface area contributed by atoms with Crippen LogP contribution in [-0.2, 0) is 26.2 Å². The van der Waals surface area contributed by atoms with Crippen molar-refractivity contribution in [1.29, 1.82) is 0 Å². The summed E-state index contributed by atoms with van der Waals surface area (Å²) in [5.41, 5.74) is 2.09. The number of amides is 2. The van der Waals surface area contributed by atoms with E-state index in [4.69, 9.17) is 34.8 Å². The van der Waals surface area contributed by atoms with Crippen LogP contribution in [0.3, 0.4) is 0 Å². The third-order valence-electron chi connectivity index (χ3n) is 6.72. The fraction of sp³-hybridized carbons (Fsp3) is 0.333. The summed E-state index contributed by atoms with van der Waals surface area (Å²) in [6, 6.07) is 15.3. The summed E-state index contributed by atoms with van der Waals surface area (Å²) in [5, 5.41) is 3.86. The highest BCUT2D eigenvalue weighted by atomic mass is 35.5. The van der Waals surface area contributed by atoms with Gasteiger partial charge in [-0.2, -0.15) is 0 Å². The molecule has 0 aliphatic rings. The Kier molecular flexibility index (Phi) is 11.5. The summed E-state index contributed by atoms with van der Waals surface area (Å²) in [7, 11) is -4.22. The number of benzene rings is 3. The van der Waals surface area contributed by atoms with Crippen LogP contribution in [-0.4, -0.2) is 44.3 Å². The molecule has 220 valence electrons. The number of halogens is 3. The molecule has 0 unspecified atom stereocenters. The number of sulfonamides is 1. The normalized spacial score (nSPS) is 12.1. The van der Waals surface area contributed by atoms with E-state index in [1.807, 2.05) is 13.8 Å². The van der Waals surface area contributed by atoms with Crippen molar-refractivity contribution in [1.82, 2.24) is 10.2 Å². The lowest BCUT2D eigenvalue weighted by Crippen LogP contribution is -2.52. The van der Waals surface area contributed by atoms with Crippen molar-refractivity contribution in [3.05, 3.63) is 92.4 Å². The summed E-state index contributed by atoms with van der Waals surface area (Å²) in [4.78, 5) is 28.8. The van der Waals surface area contributed by atoms with E-state index < -0.39 is 28.5 Å². The van der Waals surface area contributed by atoms with Crippen LogP contribution in [0.25, 0.3) is 0 Å². The average Bonchev–Trinajstić information content (AvgIpc) is 2.93. The molecule has 0 aliphatic heterocycles. The van der Waals surface area contributed by atoms with Gasteiger partial charge in [0, 0.05) is 33.7 Å². The van der Waals surface area contributed by atoms with E-state index in [9.17, 15) is 18.0 Å². The zero-order valence-electron chi connectivity index (χ0n) is 23.5. The zero-order chi connectivity index (χ0) is 30.3. The molecule has 0 saturated carbocycles. The molecule has 0 fully saturated rings.